The van der Waals surface area contributed by atoms with E-state index < -0.39 is 4.92 Å². The summed E-state index contributed by atoms with van der Waals surface area (Å²) in [5.74, 6) is 0.865. The third kappa shape index (κ3) is 5.45. The number of aromatic nitrogens is 1. The van der Waals surface area contributed by atoms with Crippen molar-refractivity contribution in [2.75, 3.05) is 46.3 Å². The molecule has 0 saturated heterocycles. The number of anilines is 1. The molecule has 0 atom stereocenters. The van der Waals surface area contributed by atoms with Gasteiger partial charge in [0.25, 0.3) is 11.6 Å². The van der Waals surface area contributed by atoms with E-state index in [0.717, 1.165) is 11.2 Å². The average molecular weight is 481 g/mol. The highest BCUT2D eigenvalue weighted by molar-refractivity contribution is 7.22. The van der Waals surface area contributed by atoms with Crippen molar-refractivity contribution in [1.82, 2.24) is 9.88 Å². The molecule has 0 saturated carbocycles. The van der Waals surface area contributed by atoms with Crippen LogP contribution >= 0.6 is 23.7 Å². The van der Waals surface area contributed by atoms with Gasteiger partial charge in [0.05, 0.1) is 19.1 Å². The van der Waals surface area contributed by atoms with Crippen LogP contribution in [-0.2, 0) is 0 Å². The normalized spacial score (nSPS) is 10.7. The second-order valence-electron chi connectivity index (χ2n) is 7.07. The number of nitro groups is 1. The first-order valence-corrected chi connectivity index (χ1v) is 10.4. The number of halogens is 1. The van der Waals surface area contributed by atoms with Crippen molar-refractivity contribution in [2.24, 2.45) is 0 Å². The van der Waals surface area contributed by atoms with Crippen LogP contribution in [-0.4, -0.2) is 62.1 Å². The van der Waals surface area contributed by atoms with Crippen LogP contribution in [0.1, 0.15) is 16.8 Å². The fourth-order valence-electron chi connectivity index (χ4n) is 3.13. The fraction of sp³-hybridized carbons (Fsp3) is 0.333. The Morgan fingerprint density at radius 2 is 1.81 bits per heavy atom. The summed E-state index contributed by atoms with van der Waals surface area (Å²) in [4.78, 5) is 32.3. The third-order valence-corrected chi connectivity index (χ3v) is 5.76. The molecule has 0 bridgehead atoms. The second kappa shape index (κ2) is 11.1. The Labute approximate surface area is 196 Å². The number of rotatable bonds is 9. The van der Waals surface area contributed by atoms with Gasteiger partial charge in [0.15, 0.2) is 5.13 Å². The summed E-state index contributed by atoms with van der Waals surface area (Å²) in [5.41, 5.74) is 0.704. The molecule has 1 aromatic heterocycles. The monoisotopic (exact) mass is 480 g/mol. The second-order valence-corrected chi connectivity index (χ2v) is 8.04. The van der Waals surface area contributed by atoms with Gasteiger partial charge in [-0.25, -0.2) is 4.98 Å². The minimum atomic E-state index is -0.513. The van der Waals surface area contributed by atoms with Gasteiger partial charge in [0.1, 0.15) is 21.7 Å². The molecule has 0 unspecified atom stereocenters. The van der Waals surface area contributed by atoms with E-state index in [-0.39, 0.29) is 29.6 Å². The molecule has 0 aliphatic rings. The van der Waals surface area contributed by atoms with Gasteiger partial charge in [0.2, 0.25) is 0 Å². The van der Waals surface area contributed by atoms with E-state index in [1.807, 2.05) is 19.0 Å². The number of carbonyl (C=O) groups is 1. The molecule has 0 spiro atoms. The van der Waals surface area contributed by atoms with Crippen LogP contribution in [0.2, 0.25) is 0 Å². The van der Waals surface area contributed by atoms with Crippen LogP contribution in [0.4, 0.5) is 10.8 Å². The van der Waals surface area contributed by atoms with Crippen LogP contribution in [0.25, 0.3) is 10.2 Å². The minimum absolute atomic E-state index is 0. The molecule has 9 nitrogen and oxygen atoms in total. The zero-order valence-electron chi connectivity index (χ0n) is 18.2. The van der Waals surface area contributed by atoms with Gasteiger partial charge >= 0.3 is 0 Å². The number of non-ortho nitro benzene ring substituents is 1. The number of amides is 1. The first-order valence-electron chi connectivity index (χ1n) is 9.58. The fourth-order valence-corrected chi connectivity index (χ4v) is 4.23. The minimum Gasteiger partial charge on any atom is -0.495 e. The number of hydrogen-bond acceptors (Lipinski definition) is 8. The first-order chi connectivity index (χ1) is 14.8. The van der Waals surface area contributed by atoms with E-state index >= 15 is 0 Å². The lowest BCUT2D eigenvalue weighted by molar-refractivity contribution is -0.384. The number of methoxy groups -OCH3 is 2. The molecule has 172 valence electrons. The van der Waals surface area contributed by atoms with E-state index in [1.165, 1.54) is 29.5 Å². The van der Waals surface area contributed by atoms with Crippen molar-refractivity contribution >= 4 is 50.7 Å². The Morgan fingerprint density at radius 3 is 2.44 bits per heavy atom. The van der Waals surface area contributed by atoms with Gasteiger partial charge in [-0.1, -0.05) is 17.4 Å². The number of fused-ring (bicyclic) bond motifs is 1. The lowest BCUT2D eigenvalue weighted by Crippen LogP contribution is -2.33. The average Bonchev–Trinajstić information content (AvgIpc) is 3.20. The van der Waals surface area contributed by atoms with Crippen LogP contribution in [0.3, 0.4) is 0 Å². The molecule has 1 heterocycles. The lowest BCUT2D eigenvalue weighted by Gasteiger charge is -2.21. The van der Waals surface area contributed by atoms with Crippen LogP contribution in [0.5, 0.6) is 11.5 Å². The van der Waals surface area contributed by atoms with E-state index in [4.69, 9.17) is 9.47 Å². The number of benzene rings is 2. The first kappa shape index (κ1) is 25.3. The molecule has 32 heavy (non-hydrogen) atoms. The summed E-state index contributed by atoms with van der Waals surface area (Å²) >= 11 is 1.32. The predicted molar refractivity (Wildman–Crippen MR) is 128 cm³/mol. The van der Waals surface area contributed by atoms with Crippen LogP contribution in [0, 0.1) is 10.1 Å². The summed E-state index contributed by atoms with van der Waals surface area (Å²) in [7, 11) is 7.05. The Balaban J connectivity index is 0.00000363. The molecule has 2 aromatic carbocycles. The van der Waals surface area contributed by atoms with E-state index in [1.54, 1.807) is 37.3 Å². The molecule has 0 aliphatic heterocycles. The summed E-state index contributed by atoms with van der Waals surface area (Å²) < 4.78 is 11.6. The highest BCUT2D eigenvalue weighted by Crippen LogP contribution is 2.40. The molecule has 3 aromatic rings. The zero-order chi connectivity index (χ0) is 22.5. The molecular formula is C21H25ClN4O5S. The number of carbonyl (C=O) groups excluding carboxylic acids is 1. The third-order valence-electron chi connectivity index (χ3n) is 4.67. The molecular weight excluding hydrogens is 456 g/mol. The van der Waals surface area contributed by atoms with Gasteiger partial charge < -0.3 is 14.4 Å². The molecule has 0 N–H and O–H groups in total. The van der Waals surface area contributed by atoms with Gasteiger partial charge in [-0.05, 0) is 45.3 Å². The molecule has 0 radical (unpaired) electrons. The van der Waals surface area contributed by atoms with Crippen LogP contribution < -0.4 is 14.4 Å². The van der Waals surface area contributed by atoms with E-state index in [9.17, 15) is 14.9 Å². The summed E-state index contributed by atoms with van der Waals surface area (Å²) in [6, 6.07) is 9.29. The van der Waals surface area contributed by atoms with E-state index in [0.29, 0.717) is 35.1 Å². The Kier molecular flexibility index (Phi) is 8.76. The van der Waals surface area contributed by atoms with Gasteiger partial charge in [-0.3, -0.25) is 19.8 Å². The maximum absolute atomic E-state index is 13.4. The molecule has 3 rings (SSSR count). The highest BCUT2D eigenvalue weighted by atomic mass is 35.5. The summed E-state index contributed by atoms with van der Waals surface area (Å²) in [5, 5.41) is 11.6. The lowest BCUT2D eigenvalue weighted by atomic mass is 10.1. The van der Waals surface area contributed by atoms with Crippen molar-refractivity contribution in [3.05, 3.63) is 52.1 Å². The quantitative estimate of drug-likeness (QED) is 0.333. The Morgan fingerprint density at radius 1 is 1.12 bits per heavy atom. The number of ether oxygens (including phenoxy) is 2. The smallest absolute Gasteiger partial charge is 0.270 e. The van der Waals surface area contributed by atoms with Crippen molar-refractivity contribution in [3.8, 4) is 11.5 Å². The molecule has 0 fully saturated rings. The van der Waals surface area contributed by atoms with Gasteiger partial charge in [-0.15, -0.1) is 12.4 Å². The largest absolute Gasteiger partial charge is 0.495 e. The number of hydrogen-bond donors (Lipinski definition) is 0. The van der Waals surface area contributed by atoms with Crippen molar-refractivity contribution in [1.29, 1.82) is 0 Å². The maximum Gasteiger partial charge on any atom is 0.270 e. The van der Waals surface area contributed by atoms with E-state index in [2.05, 4.69) is 4.98 Å². The highest BCUT2D eigenvalue weighted by Gasteiger charge is 2.24. The topological polar surface area (TPSA) is 98.0 Å². The summed E-state index contributed by atoms with van der Waals surface area (Å²) in [6.45, 7) is 1.18. The van der Waals surface area contributed by atoms with Crippen molar-refractivity contribution in [3.63, 3.8) is 0 Å². The van der Waals surface area contributed by atoms with Gasteiger partial charge in [0, 0.05) is 24.2 Å². The molecule has 0 aliphatic carbocycles. The summed E-state index contributed by atoms with van der Waals surface area (Å²) in [6.07, 6.45) is 0.706. The van der Waals surface area contributed by atoms with Crippen molar-refractivity contribution < 1.29 is 19.2 Å². The maximum atomic E-state index is 13.4. The van der Waals surface area contributed by atoms with Crippen molar-refractivity contribution in [2.45, 2.75) is 6.42 Å². The number of thiazole rings is 1. The van der Waals surface area contributed by atoms with Crippen LogP contribution in [0.15, 0.2) is 36.4 Å². The zero-order valence-corrected chi connectivity index (χ0v) is 19.9. The standard InChI is InChI=1S/C21H24N4O5S.ClH/c1-23(2)11-6-12-24(20(26)14-7-5-8-15(13-14)25(27)28)21-22-18-16(29-3)9-10-17(30-4)19(18)31-21;/h5,7-10,13H,6,11-12H2,1-4H3;1H. The predicted octanol–water partition coefficient (Wildman–Crippen LogP) is 4.24. The molecule has 11 heteroatoms. The Bertz CT molecular complexity index is 1060. The van der Waals surface area contributed by atoms with Gasteiger partial charge in [-0.2, -0.15) is 0 Å². The number of nitrogens with zero attached hydrogens (tertiary/aromatic N) is 4. The number of nitro benzene ring substituents is 1. The molecule has 1 amide bonds. The SMILES string of the molecule is COc1ccc(OC)c2sc(N(CCCN(C)C)C(=O)c3cccc([N+](=O)[O-])c3)nc12.Cl. The Hall–Kier alpha value is -2.95.